The molecular weight excluding hydrogens is 997 g/mol. The first kappa shape index (κ1) is 66.8. The number of carbonyl (C=O) groups excluding carboxylic acids is 2. The van der Waals surface area contributed by atoms with Crippen LogP contribution in [0.15, 0.2) is 65.7 Å². The van der Waals surface area contributed by atoms with E-state index in [-0.39, 0.29) is 25.3 Å². The van der Waals surface area contributed by atoms with Gasteiger partial charge in [0, 0.05) is 25.6 Å². The second kappa shape index (κ2) is 40.9. The van der Waals surface area contributed by atoms with Gasteiger partial charge in [-0.2, -0.15) is 9.29 Å². The molecule has 7 atom stereocenters. The molecule has 0 aromatic carbocycles. The minimum absolute atomic E-state index is 0.0346. The van der Waals surface area contributed by atoms with Gasteiger partial charge in [-0.3, -0.25) is 23.2 Å². The SMILES string of the molecule is CC(C)CCCCCCCCCCCCCCCCCC(=O)O[C@H](COC(=O)CCC/C=C\C/C=C\C/C=C\C/C=C\CCCCCO)COP(=O)(O)OP(=O)(O)OC[C@H]1O[C@@H](n2ccc(N)nc2=O)[C@H](O)[C@@H]1O. The van der Waals surface area contributed by atoms with E-state index in [2.05, 4.69) is 59.6 Å². The van der Waals surface area contributed by atoms with Gasteiger partial charge in [0.05, 0.1) is 13.2 Å². The van der Waals surface area contributed by atoms with Crippen molar-refractivity contribution in [2.75, 3.05) is 32.2 Å². The standard InChI is InChI=1S/C53H91N3O16P2/c1-44(2)35-31-27-23-19-15-11-7-6-9-13-17-21-25-29-33-37-49(59)70-45(41-67-48(58)36-32-28-24-20-16-12-8-4-3-5-10-14-18-22-26-30-34-40-57)42-68-73(63,64)72-74(65,66)69-43-46-50(60)51(61)52(71-46)56-39-38-47(54)55-53(56)62/h3,5,8,12,14,18,20,24,38-39,44-46,50-52,57,60-61H,4,6-7,9-11,13,15-17,19,21-23,25-37,40-43H2,1-2H3,(H,63,64)(H,65,66)(H2,54,55,62)/b5-3-,12-8-,18-14-,24-20-/t45-,46-,50-,51-,52-/m1/s1. The van der Waals surface area contributed by atoms with Crippen LogP contribution in [-0.2, 0) is 46.3 Å². The van der Waals surface area contributed by atoms with Crippen LogP contribution in [0.25, 0.3) is 0 Å². The maximum absolute atomic E-state index is 12.9. The number of unbranched alkanes of at least 4 members (excludes halogenated alkanes) is 18. The highest BCUT2D eigenvalue weighted by molar-refractivity contribution is 7.61. The van der Waals surface area contributed by atoms with Crippen molar-refractivity contribution in [3.05, 3.63) is 71.4 Å². The highest BCUT2D eigenvalue weighted by Gasteiger charge is 2.46. The zero-order valence-electron chi connectivity index (χ0n) is 44.3. The van der Waals surface area contributed by atoms with E-state index in [9.17, 15) is 43.5 Å². The lowest BCUT2D eigenvalue weighted by atomic mass is 10.0. The summed E-state index contributed by atoms with van der Waals surface area (Å²) in [6, 6.07) is 1.24. The van der Waals surface area contributed by atoms with Crippen LogP contribution < -0.4 is 11.4 Å². The molecule has 21 heteroatoms. The number of nitrogens with two attached hydrogens (primary N) is 1. The number of carbonyl (C=O) groups is 2. The molecule has 74 heavy (non-hydrogen) atoms. The number of ether oxygens (including phenoxy) is 3. The van der Waals surface area contributed by atoms with Gasteiger partial charge in [0.15, 0.2) is 12.3 Å². The fourth-order valence-corrected chi connectivity index (χ4v) is 10.1. The van der Waals surface area contributed by atoms with E-state index < -0.39 is 83.7 Å². The third-order valence-electron chi connectivity index (χ3n) is 12.1. The lowest BCUT2D eigenvalue weighted by Crippen LogP contribution is -2.36. The molecule has 1 aromatic rings. The molecule has 0 amide bonds. The van der Waals surface area contributed by atoms with E-state index in [1.807, 2.05) is 12.2 Å². The minimum atomic E-state index is -5.44. The van der Waals surface area contributed by atoms with E-state index in [0.29, 0.717) is 19.3 Å². The predicted octanol–water partition coefficient (Wildman–Crippen LogP) is 10.6. The minimum Gasteiger partial charge on any atom is -0.462 e. The summed E-state index contributed by atoms with van der Waals surface area (Å²) < 4.78 is 56.8. The smallest absolute Gasteiger partial charge is 0.462 e. The number of aliphatic hydroxyl groups excluding tert-OH is 3. The highest BCUT2D eigenvalue weighted by atomic mass is 31.3. The van der Waals surface area contributed by atoms with Crippen LogP contribution in [0.4, 0.5) is 5.82 Å². The molecule has 7 N–H and O–H groups in total. The quantitative estimate of drug-likeness (QED) is 0.0153. The second-order valence-electron chi connectivity index (χ2n) is 19.3. The van der Waals surface area contributed by atoms with Gasteiger partial charge in [-0.1, -0.05) is 165 Å². The van der Waals surface area contributed by atoms with Crippen molar-refractivity contribution in [2.24, 2.45) is 5.92 Å². The molecule has 1 fully saturated rings. The number of aromatic nitrogens is 2. The normalized spacial score (nSPS) is 19.3. The van der Waals surface area contributed by atoms with Gasteiger partial charge in [0.25, 0.3) is 0 Å². The summed E-state index contributed by atoms with van der Waals surface area (Å²) in [6.07, 6.45) is 36.4. The molecular formula is C53H91N3O16P2. The topological polar surface area (TPSA) is 286 Å². The molecule has 2 unspecified atom stereocenters. The van der Waals surface area contributed by atoms with Gasteiger partial charge in [-0.05, 0) is 69.8 Å². The number of nitrogens with zero attached hydrogens (tertiary/aromatic N) is 2. The van der Waals surface area contributed by atoms with Crippen LogP contribution >= 0.6 is 15.6 Å². The van der Waals surface area contributed by atoms with Crippen molar-refractivity contribution in [3.8, 4) is 0 Å². The van der Waals surface area contributed by atoms with Crippen molar-refractivity contribution >= 4 is 33.4 Å². The number of phosphoric ester groups is 2. The largest absolute Gasteiger partial charge is 0.481 e. The number of rotatable bonds is 45. The number of anilines is 1. The number of aliphatic hydroxyl groups is 3. The van der Waals surface area contributed by atoms with Gasteiger partial charge in [0.1, 0.15) is 30.7 Å². The lowest BCUT2D eigenvalue weighted by Gasteiger charge is -2.21. The van der Waals surface area contributed by atoms with E-state index in [1.165, 1.54) is 76.7 Å². The molecule has 1 aliphatic rings. The van der Waals surface area contributed by atoms with Gasteiger partial charge in [-0.15, -0.1) is 0 Å². The Labute approximate surface area is 440 Å². The van der Waals surface area contributed by atoms with E-state index in [4.69, 9.17) is 34.1 Å². The van der Waals surface area contributed by atoms with Crippen LogP contribution in [0.5, 0.6) is 0 Å². The Bertz CT molecular complexity index is 1950. The summed E-state index contributed by atoms with van der Waals surface area (Å²) >= 11 is 0. The summed E-state index contributed by atoms with van der Waals surface area (Å²) in [5.41, 5.74) is 4.59. The third kappa shape index (κ3) is 33.7. The van der Waals surface area contributed by atoms with Gasteiger partial charge < -0.3 is 45.1 Å². The number of esters is 2. The van der Waals surface area contributed by atoms with Crippen LogP contribution in [-0.4, -0.2) is 97.4 Å². The number of allylic oxidation sites excluding steroid dienone is 8. The average molecular weight is 1090 g/mol. The fourth-order valence-electron chi connectivity index (χ4n) is 7.94. The molecule has 424 valence electrons. The first-order valence-electron chi connectivity index (χ1n) is 27.1. The monoisotopic (exact) mass is 1090 g/mol. The second-order valence-corrected chi connectivity index (χ2v) is 22.3. The summed E-state index contributed by atoms with van der Waals surface area (Å²) in [5, 5.41) is 29.8. The van der Waals surface area contributed by atoms with Crippen LogP contribution in [0.1, 0.15) is 193 Å². The molecule has 0 aliphatic carbocycles. The Kier molecular flexibility index (Phi) is 36.9. The number of nitrogen functional groups attached to an aromatic ring is 1. The van der Waals surface area contributed by atoms with Crippen molar-refractivity contribution in [1.82, 2.24) is 9.55 Å². The van der Waals surface area contributed by atoms with Crippen molar-refractivity contribution < 1.29 is 71.4 Å². The van der Waals surface area contributed by atoms with Crippen molar-refractivity contribution in [2.45, 2.75) is 218 Å². The molecule has 1 aliphatic heterocycles. The summed E-state index contributed by atoms with van der Waals surface area (Å²) in [7, 11) is -10.9. The molecule has 0 bridgehead atoms. The number of hydrogen-bond acceptors (Lipinski definition) is 16. The summed E-state index contributed by atoms with van der Waals surface area (Å²) in [6.45, 7) is 2.45. The zero-order chi connectivity index (χ0) is 54.3. The van der Waals surface area contributed by atoms with Crippen LogP contribution in [0.3, 0.4) is 0 Å². The van der Waals surface area contributed by atoms with Gasteiger partial charge >= 0.3 is 33.3 Å². The Balaban J connectivity index is 1.79. The molecule has 2 rings (SSSR count). The Morgan fingerprint density at radius 3 is 1.74 bits per heavy atom. The molecule has 0 saturated carbocycles. The predicted molar refractivity (Wildman–Crippen MR) is 285 cm³/mol. The number of phosphoric acid groups is 2. The Hall–Kier alpha value is -3.32. The van der Waals surface area contributed by atoms with E-state index >= 15 is 0 Å². The maximum Gasteiger partial charge on any atom is 0.481 e. The van der Waals surface area contributed by atoms with E-state index in [0.717, 1.165) is 87.3 Å². The summed E-state index contributed by atoms with van der Waals surface area (Å²) in [5.74, 6) is -0.578. The lowest BCUT2D eigenvalue weighted by molar-refractivity contribution is -0.161. The average Bonchev–Trinajstić information content (AvgIpc) is 3.63. The van der Waals surface area contributed by atoms with Gasteiger partial charge in [-0.25, -0.2) is 13.9 Å². The summed E-state index contributed by atoms with van der Waals surface area (Å²) in [4.78, 5) is 62.0. The molecule has 19 nitrogen and oxygen atoms in total. The molecule has 2 heterocycles. The number of hydrogen-bond donors (Lipinski definition) is 6. The van der Waals surface area contributed by atoms with Crippen LogP contribution in [0.2, 0.25) is 0 Å². The molecule has 1 aromatic heterocycles. The van der Waals surface area contributed by atoms with Gasteiger partial charge in [0.2, 0.25) is 0 Å². The van der Waals surface area contributed by atoms with Crippen molar-refractivity contribution in [3.63, 3.8) is 0 Å². The van der Waals surface area contributed by atoms with E-state index in [1.54, 1.807) is 0 Å². The first-order valence-corrected chi connectivity index (χ1v) is 30.1. The fraction of sp³-hybridized carbons (Fsp3) is 0.736. The third-order valence-corrected chi connectivity index (χ3v) is 14.8. The first-order chi connectivity index (χ1) is 35.5. The Morgan fingerprint density at radius 1 is 0.689 bits per heavy atom. The molecule has 0 spiro atoms. The Morgan fingerprint density at radius 2 is 1.19 bits per heavy atom. The zero-order valence-corrected chi connectivity index (χ0v) is 46.0. The van der Waals surface area contributed by atoms with Crippen molar-refractivity contribution in [1.29, 1.82) is 0 Å². The molecule has 1 saturated heterocycles. The van der Waals surface area contributed by atoms with Crippen LogP contribution in [0, 0.1) is 5.92 Å². The highest BCUT2D eigenvalue weighted by Crippen LogP contribution is 2.60. The molecule has 0 radical (unpaired) electrons. The maximum atomic E-state index is 12.9.